The fraction of sp³-hybridized carbons (Fsp3) is 0.556. The van der Waals surface area contributed by atoms with Crippen LogP contribution in [0, 0.1) is 5.92 Å². The second-order valence-corrected chi connectivity index (χ2v) is 18.3. The number of fused-ring (bicyclic) bond motifs is 4. The van der Waals surface area contributed by atoms with Gasteiger partial charge in [0.1, 0.15) is 23.7 Å². The Labute approximate surface area is 301 Å². The van der Waals surface area contributed by atoms with E-state index in [1.165, 1.54) is 11.3 Å². The number of sulfonamides is 1. The maximum atomic E-state index is 14.5. The number of benzene rings is 2. The van der Waals surface area contributed by atoms with E-state index in [-0.39, 0.29) is 24.8 Å². The van der Waals surface area contributed by atoms with Crippen LogP contribution in [0.15, 0.2) is 48.5 Å². The number of hydrogen-bond acceptors (Lipinski definition) is 9. The molecule has 5 atom stereocenters. The molecule has 268 valence electrons. The van der Waals surface area contributed by atoms with Crippen LogP contribution in [0.5, 0.6) is 5.19 Å². The maximum absolute atomic E-state index is 14.5. The molecule has 2 saturated heterocycles. The van der Waals surface area contributed by atoms with Crippen LogP contribution in [0.4, 0.5) is 5.69 Å². The zero-order chi connectivity index (χ0) is 35.1. The Kier molecular flexibility index (Phi) is 9.77. The van der Waals surface area contributed by atoms with Gasteiger partial charge in [-0.3, -0.25) is 19.1 Å². The van der Waals surface area contributed by atoms with E-state index in [0.29, 0.717) is 48.7 Å². The average molecular weight is 742 g/mol. The molecule has 2 aromatic carbocycles. The lowest BCUT2D eigenvalue weighted by molar-refractivity contribution is -0.141. The third-order valence-electron chi connectivity index (χ3n) is 11.0. The van der Waals surface area contributed by atoms with Crippen molar-refractivity contribution in [1.82, 2.24) is 19.9 Å². The summed E-state index contributed by atoms with van der Waals surface area (Å²) in [6.45, 7) is 1.78. The molecule has 11 nitrogen and oxygen atoms in total. The number of nitrogens with one attached hydrogen (secondary N) is 3. The van der Waals surface area contributed by atoms with E-state index in [2.05, 4.69) is 20.3 Å². The normalized spacial score (nSPS) is 28.6. The largest absolute Gasteiger partial charge is 0.465 e. The molecule has 2 bridgehead atoms. The topological polar surface area (TPSA) is 147 Å². The van der Waals surface area contributed by atoms with Crippen LogP contribution in [-0.2, 0) is 24.4 Å². The summed E-state index contributed by atoms with van der Waals surface area (Å²) in [5.41, 5.74) is 0.146. The molecule has 2 aliphatic heterocycles. The number of ether oxygens (including phenoxy) is 1. The number of halogens is 1. The third kappa shape index (κ3) is 7.32. The fourth-order valence-electron chi connectivity index (χ4n) is 7.65. The number of anilines is 1. The summed E-state index contributed by atoms with van der Waals surface area (Å²) >= 11 is 7.54. The van der Waals surface area contributed by atoms with Crippen LogP contribution < -0.4 is 20.1 Å². The van der Waals surface area contributed by atoms with Gasteiger partial charge < -0.3 is 20.3 Å². The van der Waals surface area contributed by atoms with Crippen molar-refractivity contribution in [3.05, 3.63) is 53.6 Å². The SMILES string of the molecule is CC1(S(=O)(=O)NC(=O)[C@]23CCC(CCCCCC[C@H](Nc4ccccc4)C(=O)N4C[C@H](Oc5nc6ccc(Cl)cc6s5)C[C@H]4C(=O)N2)C3)CC1. The molecular formula is C36H44ClN5O6S2. The Morgan fingerprint density at radius 3 is 2.56 bits per heavy atom. The Bertz CT molecular complexity index is 1870. The summed E-state index contributed by atoms with van der Waals surface area (Å²) in [7, 11) is -3.93. The van der Waals surface area contributed by atoms with Crippen LogP contribution in [0.3, 0.4) is 0 Å². The van der Waals surface area contributed by atoms with Crippen molar-refractivity contribution >= 4 is 66.6 Å². The first-order valence-corrected chi connectivity index (χ1v) is 20.4. The van der Waals surface area contributed by atoms with Gasteiger partial charge in [-0.2, -0.15) is 0 Å². The molecule has 2 aliphatic carbocycles. The van der Waals surface area contributed by atoms with Crippen molar-refractivity contribution in [3.63, 3.8) is 0 Å². The van der Waals surface area contributed by atoms with Crippen LogP contribution in [0.2, 0.25) is 5.02 Å². The van der Waals surface area contributed by atoms with E-state index in [0.717, 1.165) is 48.0 Å². The van der Waals surface area contributed by atoms with Gasteiger partial charge in [-0.15, -0.1) is 0 Å². The van der Waals surface area contributed by atoms with E-state index in [1.807, 2.05) is 42.5 Å². The van der Waals surface area contributed by atoms with Gasteiger partial charge in [-0.1, -0.05) is 73.2 Å². The quantitative estimate of drug-likeness (QED) is 0.276. The van der Waals surface area contributed by atoms with Gasteiger partial charge in [0.2, 0.25) is 21.8 Å². The standard InChI is InChI=1S/C36H44ClN5O6S2/c1-35(17-18-35)50(46,47)41-33(45)36-16-15-23(21-36)9-5-2-3-8-12-28(38-25-10-6-4-7-11-25)32(44)42-22-26(20-29(42)31(43)40-36)48-34-39-27-14-13-24(37)19-30(27)49-34/h4,6-7,10-11,13-14,19,23,26,28-29,38H,2-3,5,8-9,12,15-18,20-22H2,1H3,(H,40,43)(H,41,45)/t23?,26-,28+,29+,36-/m1/s1. The zero-order valence-corrected chi connectivity index (χ0v) is 30.5. The van der Waals surface area contributed by atoms with Gasteiger partial charge in [0, 0.05) is 17.1 Å². The van der Waals surface area contributed by atoms with Crippen LogP contribution >= 0.6 is 22.9 Å². The van der Waals surface area contributed by atoms with Gasteiger partial charge in [-0.05, 0) is 81.7 Å². The van der Waals surface area contributed by atoms with Gasteiger partial charge in [0.05, 0.1) is 21.5 Å². The Hall–Kier alpha value is -3.42. The Morgan fingerprint density at radius 1 is 1.04 bits per heavy atom. The second-order valence-electron chi connectivity index (χ2n) is 14.7. The molecule has 1 unspecified atom stereocenters. The van der Waals surface area contributed by atoms with Gasteiger partial charge >= 0.3 is 0 Å². The first-order chi connectivity index (χ1) is 23.9. The fourth-order valence-corrected chi connectivity index (χ4v) is 10.1. The summed E-state index contributed by atoms with van der Waals surface area (Å²) in [5.74, 6) is -1.23. The highest BCUT2D eigenvalue weighted by atomic mass is 35.5. The molecule has 7 rings (SSSR count). The molecule has 3 amide bonds. The molecule has 2 saturated carbocycles. The lowest BCUT2D eigenvalue weighted by Crippen LogP contribution is -2.62. The van der Waals surface area contributed by atoms with E-state index >= 15 is 0 Å². The highest BCUT2D eigenvalue weighted by molar-refractivity contribution is 7.91. The van der Waals surface area contributed by atoms with Gasteiger partial charge in [-0.25, -0.2) is 13.4 Å². The molecule has 3 heterocycles. The molecular weight excluding hydrogens is 698 g/mol. The molecule has 3 N–H and O–H groups in total. The minimum Gasteiger partial charge on any atom is -0.465 e. The summed E-state index contributed by atoms with van der Waals surface area (Å²) in [6, 6.07) is 13.4. The van der Waals surface area contributed by atoms with Gasteiger partial charge in [0.15, 0.2) is 0 Å². The summed E-state index contributed by atoms with van der Waals surface area (Å²) in [5, 5.41) is 7.46. The number of thiazole rings is 1. The minimum absolute atomic E-state index is 0.148. The highest BCUT2D eigenvalue weighted by Crippen LogP contribution is 2.44. The molecule has 4 aliphatic rings. The summed E-state index contributed by atoms with van der Waals surface area (Å²) < 4.78 is 35.0. The Morgan fingerprint density at radius 2 is 1.80 bits per heavy atom. The van der Waals surface area contributed by atoms with Crippen molar-refractivity contribution in [3.8, 4) is 5.19 Å². The highest BCUT2D eigenvalue weighted by Gasteiger charge is 2.55. The molecule has 1 aromatic heterocycles. The number of carbonyl (C=O) groups is 3. The molecule has 0 spiro atoms. The summed E-state index contributed by atoms with van der Waals surface area (Å²) in [4.78, 5) is 49.1. The van der Waals surface area contributed by atoms with Gasteiger partial charge in [0.25, 0.3) is 11.1 Å². The number of hydrogen-bond donors (Lipinski definition) is 3. The van der Waals surface area contributed by atoms with Crippen LogP contribution in [0.25, 0.3) is 10.2 Å². The number of nitrogens with zero attached hydrogens (tertiary/aromatic N) is 2. The molecule has 50 heavy (non-hydrogen) atoms. The molecule has 14 heteroatoms. The molecule has 4 fully saturated rings. The number of amides is 3. The monoisotopic (exact) mass is 741 g/mol. The van der Waals surface area contributed by atoms with Crippen LogP contribution in [-0.4, -0.2) is 71.0 Å². The van der Waals surface area contributed by atoms with E-state index < -0.39 is 50.3 Å². The maximum Gasteiger partial charge on any atom is 0.274 e. The van der Waals surface area contributed by atoms with Crippen LogP contribution in [0.1, 0.15) is 84.0 Å². The minimum atomic E-state index is -3.93. The first kappa shape index (κ1) is 35.0. The number of para-hydroxylation sites is 1. The van der Waals surface area contributed by atoms with E-state index in [4.69, 9.17) is 16.3 Å². The smallest absolute Gasteiger partial charge is 0.274 e. The lowest BCUT2D eigenvalue weighted by Gasteiger charge is -2.34. The van der Waals surface area contributed by atoms with Crippen molar-refractivity contribution in [1.29, 1.82) is 0 Å². The Balaban J connectivity index is 1.19. The van der Waals surface area contributed by atoms with Crippen molar-refractivity contribution in [2.45, 2.75) is 112 Å². The van der Waals surface area contributed by atoms with E-state index in [9.17, 15) is 22.8 Å². The average Bonchev–Trinajstić information content (AvgIpc) is 3.38. The summed E-state index contributed by atoms with van der Waals surface area (Å²) in [6.07, 6.45) is 7.20. The second kappa shape index (κ2) is 14.0. The predicted molar refractivity (Wildman–Crippen MR) is 194 cm³/mol. The molecule has 0 radical (unpaired) electrons. The number of rotatable bonds is 7. The zero-order valence-electron chi connectivity index (χ0n) is 28.2. The predicted octanol–water partition coefficient (Wildman–Crippen LogP) is 5.79. The third-order valence-corrected chi connectivity index (χ3v) is 14.3. The first-order valence-electron chi connectivity index (χ1n) is 17.7. The molecule has 3 aromatic rings. The number of carbonyl (C=O) groups excluding carboxylic acids is 3. The van der Waals surface area contributed by atoms with Crippen molar-refractivity contribution < 1.29 is 27.5 Å². The van der Waals surface area contributed by atoms with E-state index in [1.54, 1.807) is 17.9 Å². The number of aromatic nitrogens is 1. The van der Waals surface area contributed by atoms with Crippen molar-refractivity contribution in [2.75, 3.05) is 11.9 Å². The lowest BCUT2D eigenvalue weighted by atomic mass is 9.92. The van der Waals surface area contributed by atoms with Crippen molar-refractivity contribution in [2.24, 2.45) is 5.92 Å².